The molecule has 1 amide bonds. The van der Waals surface area contributed by atoms with Crippen molar-refractivity contribution >= 4 is 55.7 Å². The van der Waals surface area contributed by atoms with Crippen molar-refractivity contribution in [3.8, 4) is 10.4 Å². The molecule has 0 saturated carbocycles. The molecule has 3 aromatic heterocycles. The molecule has 25 heavy (non-hydrogen) atoms. The third kappa shape index (κ3) is 3.71. The Morgan fingerprint density at radius 2 is 2.04 bits per heavy atom. The number of carbonyl (C=O) groups is 1. The van der Waals surface area contributed by atoms with Crippen molar-refractivity contribution in [2.75, 3.05) is 11.1 Å². The van der Waals surface area contributed by atoms with Crippen LogP contribution in [-0.2, 0) is 4.79 Å². The highest BCUT2D eigenvalue weighted by Gasteiger charge is 2.12. The molecular weight excluding hydrogens is 372 g/mol. The maximum absolute atomic E-state index is 12.0. The molecule has 124 valence electrons. The predicted molar refractivity (Wildman–Crippen MR) is 104 cm³/mol. The van der Waals surface area contributed by atoms with Gasteiger partial charge in [0.2, 0.25) is 5.91 Å². The van der Waals surface area contributed by atoms with Crippen LogP contribution in [0, 0.1) is 0 Å². The zero-order valence-corrected chi connectivity index (χ0v) is 15.3. The van der Waals surface area contributed by atoms with Crippen molar-refractivity contribution in [3.63, 3.8) is 0 Å². The molecule has 0 saturated heterocycles. The first kappa shape index (κ1) is 16.2. The molecule has 0 atom stereocenters. The number of hydrogen-bond acceptors (Lipinski definition) is 7. The number of fused-ring (bicyclic) bond motifs is 1. The molecule has 0 fully saturated rings. The van der Waals surface area contributed by atoms with Gasteiger partial charge in [0.1, 0.15) is 16.2 Å². The molecule has 0 radical (unpaired) electrons. The molecule has 0 spiro atoms. The number of thioether (sulfide) groups is 1. The minimum Gasteiger partial charge on any atom is -0.301 e. The Bertz CT molecular complexity index is 999. The quantitative estimate of drug-likeness (QED) is 0.404. The lowest BCUT2D eigenvalue weighted by molar-refractivity contribution is -0.113. The molecule has 3 heterocycles. The Labute approximate surface area is 156 Å². The lowest BCUT2D eigenvalue weighted by Crippen LogP contribution is -2.13. The van der Waals surface area contributed by atoms with Crippen molar-refractivity contribution in [2.45, 2.75) is 5.03 Å². The summed E-state index contributed by atoms with van der Waals surface area (Å²) in [6.45, 7) is 0. The van der Waals surface area contributed by atoms with Gasteiger partial charge in [0.25, 0.3) is 0 Å². The van der Waals surface area contributed by atoms with Crippen LogP contribution >= 0.6 is 34.4 Å². The number of carbonyl (C=O) groups excluding carboxylic acids is 1. The summed E-state index contributed by atoms with van der Waals surface area (Å²) in [4.78, 5) is 26.9. The summed E-state index contributed by atoms with van der Waals surface area (Å²) in [6.07, 6.45) is 3.21. The topological polar surface area (TPSA) is 67.8 Å². The van der Waals surface area contributed by atoms with E-state index in [0.29, 0.717) is 5.13 Å². The largest absolute Gasteiger partial charge is 0.301 e. The highest BCUT2D eigenvalue weighted by atomic mass is 32.2. The van der Waals surface area contributed by atoms with Gasteiger partial charge in [-0.25, -0.2) is 15.0 Å². The van der Waals surface area contributed by atoms with E-state index in [4.69, 9.17) is 0 Å². The summed E-state index contributed by atoms with van der Waals surface area (Å²) >= 11 is 4.44. The second-order valence-electron chi connectivity index (χ2n) is 5.05. The average molecular weight is 385 g/mol. The number of nitrogens with one attached hydrogen (secondary N) is 1. The Morgan fingerprint density at radius 3 is 2.84 bits per heavy atom. The van der Waals surface area contributed by atoms with Crippen LogP contribution in [0.15, 0.2) is 59.3 Å². The number of aromatic nitrogens is 3. The van der Waals surface area contributed by atoms with Gasteiger partial charge in [0.15, 0.2) is 5.13 Å². The van der Waals surface area contributed by atoms with Crippen molar-refractivity contribution in [3.05, 3.63) is 54.3 Å². The lowest BCUT2D eigenvalue weighted by atomic mass is 10.2. The van der Waals surface area contributed by atoms with Gasteiger partial charge in [-0.05, 0) is 11.6 Å². The smallest absolute Gasteiger partial charge is 0.236 e. The van der Waals surface area contributed by atoms with Gasteiger partial charge in [-0.1, -0.05) is 42.1 Å². The van der Waals surface area contributed by atoms with Crippen LogP contribution in [0.1, 0.15) is 0 Å². The fourth-order valence-electron chi connectivity index (χ4n) is 2.27. The number of thiophene rings is 1. The fraction of sp³-hybridized carbons (Fsp3) is 0.0588. The van der Waals surface area contributed by atoms with Crippen molar-refractivity contribution in [2.24, 2.45) is 0 Å². The van der Waals surface area contributed by atoms with Crippen LogP contribution in [0.25, 0.3) is 20.7 Å². The zero-order chi connectivity index (χ0) is 17.1. The van der Waals surface area contributed by atoms with Crippen LogP contribution in [-0.4, -0.2) is 26.6 Å². The highest BCUT2D eigenvalue weighted by molar-refractivity contribution is 8.00. The first-order valence-corrected chi connectivity index (χ1v) is 10.1. The van der Waals surface area contributed by atoms with E-state index in [-0.39, 0.29) is 11.7 Å². The summed E-state index contributed by atoms with van der Waals surface area (Å²) in [5.41, 5.74) is 1.16. The molecule has 4 aromatic rings. The van der Waals surface area contributed by atoms with Crippen molar-refractivity contribution in [1.82, 2.24) is 15.0 Å². The minimum atomic E-state index is -0.0924. The predicted octanol–water partition coefficient (Wildman–Crippen LogP) is 4.55. The Hall–Kier alpha value is -2.29. The third-order valence-corrected chi connectivity index (χ3v) is 6.16. The maximum atomic E-state index is 12.0. The second-order valence-corrected chi connectivity index (χ2v) is 7.94. The summed E-state index contributed by atoms with van der Waals surface area (Å²) < 4.78 is 0. The molecule has 8 heteroatoms. The molecule has 5 nitrogen and oxygen atoms in total. The van der Waals surface area contributed by atoms with Gasteiger partial charge in [-0.3, -0.25) is 4.79 Å². The van der Waals surface area contributed by atoms with E-state index in [9.17, 15) is 4.79 Å². The standard InChI is InChI=1S/C17H12N4OS3/c22-14(21-17-18-6-7-23-17)9-24-15-12-8-13(11-4-2-1-3-5-11)25-16(12)20-10-19-15/h1-8,10H,9H2,(H,18,21,22). The van der Waals surface area contributed by atoms with E-state index in [1.54, 1.807) is 23.9 Å². The summed E-state index contributed by atoms with van der Waals surface area (Å²) in [5.74, 6) is 0.188. The molecule has 1 aromatic carbocycles. The first-order valence-electron chi connectivity index (χ1n) is 7.42. The summed E-state index contributed by atoms with van der Waals surface area (Å²) in [6, 6.07) is 12.3. The van der Waals surface area contributed by atoms with E-state index in [2.05, 4.69) is 38.5 Å². The molecule has 0 bridgehead atoms. The SMILES string of the molecule is O=C(CSc1ncnc2sc(-c3ccccc3)cc12)Nc1nccs1. The van der Waals surface area contributed by atoms with Crippen LogP contribution in [0.4, 0.5) is 5.13 Å². The number of hydrogen-bond donors (Lipinski definition) is 1. The molecule has 0 aliphatic heterocycles. The lowest BCUT2D eigenvalue weighted by Gasteiger charge is -2.02. The number of benzene rings is 1. The van der Waals surface area contributed by atoms with Crippen molar-refractivity contribution in [1.29, 1.82) is 0 Å². The van der Waals surface area contributed by atoms with Gasteiger partial charge >= 0.3 is 0 Å². The third-order valence-electron chi connectivity index (χ3n) is 3.37. The van der Waals surface area contributed by atoms with Crippen LogP contribution in [0.5, 0.6) is 0 Å². The molecule has 0 aliphatic rings. The van der Waals surface area contributed by atoms with Gasteiger partial charge in [0.05, 0.1) is 5.75 Å². The van der Waals surface area contributed by atoms with Gasteiger partial charge in [0, 0.05) is 21.8 Å². The number of thiazole rings is 1. The van der Waals surface area contributed by atoms with Gasteiger partial charge in [-0.15, -0.1) is 22.7 Å². The fourth-order valence-corrected chi connectivity index (χ4v) is 4.65. The number of anilines is 1. The van der Waals surface area contributed by atoms with E-state index < -0.39 is 0 Å². The molecule has 0 unspecified atom stereocenters. The number of amides is 1. The summed E-state index contributed by atoms with van der Waals surface area (Å²) in [5, 5.41) is 7.02. The monoisotopic (exact) mass is 384 g/mol. The minimum absolute atomic E-state index is 0.0924. The highest BCUT2D eigenvalue weighted by Crippen LogP contribution is 2.36. The van der Waals surface area contributed by atoms with Gasteiger partial charge < -0.3 is 5.32 Å². The normalized spacial score (nSPS) is 10.9. The Kier molecular flexibility index (Phi) is 4.73. The maximum Gasteiger partial charge on any atom is 0.236 e. The van der Waals surface area contributed by atoms with E-state index >= 15 is 0 Å². The van der Waals surface area contributed by atoms with E-state index in [1.807, 2.05) is 23.6 Å². The first-order chi connectivity index (χ1) is 12.3. The molecule has 4 rings (SSSR count). The second kappa shape index (κ2) is 7.30. The number of rotatable bonds is 5. The van der Waals surface area contributed by atoms with Gasteiger partial charge in [-0.2, -0.15) is 0 Å². The Balaban J connectivity index is 1.53. The number of nitrogens with zero attached hydrogens (tertiary/aromatic N) is 3. The molecule has 0 aliphatic carbocycles. The van der Waals surface area contributed by atoms with Crippen LogP contribution in [0.3, 0.4) is 0 Å². The zero-order valence-electron chi connectivity index (χ0n) is 12.9. The average Bonchev–Trinajstić information content (AvgIpc) is 3.30. The molecular formula is C17H12N4OS3. The molecule has 1 N–H and O–H groups in total. The van der Waals surface area contributed by atoms with Crippen LogP contribution < -0.4 is 5.32 Å². The van der Waals surface area contributed by atoms with E-state index in [0.717, 1.165) is 25.7 Å². The van der Waals surface area contributed by atoms with E-state index in [1.165, 1.54) is 23.1 Å². The summed E-state index contributed by atoms with van der Waals surface area (Å²) in [7, 11) is 0. The van der Waals surface area contributed by atoms with Crippen molar-refractivity contribution < 1.29 is 4.79 Å². The Morgan fingerprint density at radius 1 is 1.16 bits per heavy atom. The van der Waals surface area contributed by atoms with Crippen LogP contribution in [0.2, 0.25) is 0 Å².